The van der Waals surface area contributed by atoms with Crippen LogP contribution in [0.5, 0.6) is 0 Å². The Hall–Kier alpha value is -3.88. The molecule has 0 aliphatic carbocycles. The van der Waals surface area contributed by atoms with Gasteiger partial charge >= 0.3 is 0 Å². The first kappa shape index (κ1) is 20.4. The molecule has 0 heterocycles. The summed E-state index contributed by atoms with van der Waals surface area (Å²) >= 11 is 0. The van der Waals surface area contributed by atoms with Gasteiger partial charge < -0.3 is 0 Å². The van der Waals surface area contributed by atoms with Crippen LogP contribution in [0.3, 0.4) is 0 Å². The second-order valence-electron chi connectivity index (χ2n) is 2.91. The quantitative estimate of drug-likeness (QED) is 0.637. The van der Waals surface area contributed by atoms with Gasteiger partial charge in [0, 0.05) is 0 Å². The molecule has 0 saturated carbocycles. The first-order chi connectivity index (χ1) is 10.6. The molecular weight excluding hydrogens is 294 g/mol. The Balaban J connectivity index is 0. The van der Waals surface area contributed by atoms with Gasteiger partial charge in [0.15, 0.2) is 0 Å². The van der Waals surface area contributed by atoms with E-state index in [1.54, 1.807) is 13.0 Å². The molecule has 10 nitrogen and oxygen atoms in total. The highest BCUT2D eigenvalue weighted by molar-refractivity contribution is 5.82. The molecule has 1 rings (SSSR count). The van der Waals surface area contributed by atoms with E-state index in [-0.39, 0.29) is 17.1 Å². The van der Waals surface area contributed by atoms with Crippen molar-refractivity contribution in [2.75, 3.05) is 0 Å². The molecule has 10 heteroatoms. The number of isocyanates is 5. The summed E-state index contributed by atoms with van der Waals surface area (Å²) in [5.74, 6) is 0. The first-order valence-corrected chi connectivity index (χ1v) is 5.02. The molecule has 0 atom stereocenters. The predicted octanol–water partition coefficient (Wildman–Crippen LogP) is 1.70. The molecular formula is C12H7N5O5. The number of hydrogen-bond donors (Lipinski definition) is 2. The highest BCUT2D eigenvalue weighted by atomic mass is 16.1. The number of nitrogens with one attached hydrogen (secondary N) is 2. The number of hydrogen-bond acceptors (Lipinski definition) is 10. The zero-order valence-electron chi connectivity index (χ0n) is 11.0. The fourth-order valence-corrected chi connectivity index (χ4v) is 1.15. The van der Waals surface area contributed by atoms with Gasteiger partial charge in [-0.15, -0.1) is 0 Å². The van der Waals surface area contributed by atoms with E-state index in [1.165, 1.54) is 24.3 Å². The summed E-state index contributed by atoms with van der Waals surface area (Å²) in [4.78, 5) is 57.4. The van der Waals surface area contributed by atoms with Gasteiger partial charge in [-0.3, -0.25) is 0 Å². The summed E-state index contributed by atoms with van der Waals surface area (Å²) in [5, 5.41) is 10.8. The molecule has 0 bridgehead atoms. The molecule has 22 heavy (non-hydrogen) atoms. The molecule has 110 valence electrons. The Bertz CT molecular complexity index is 715. The molecule has 2 N–H and O–H groups in total. The van der Waals surface area contributed by atoms with Crippen molar-refractivity contribution in [1.29, 1.82) is 10.8 Å². The topological polar surface area (TPSA) is 170 Å². The third-order valence-electron chi connectivity index (χ3n) is 1.81. The number of nitrogens with zero attached hydrogens (tertiary/aromatic N) is 3. The normalized spacial score (nSPS) is 6.77. The van der Waals surface area contributed by atoms with Crippen LogP contribution < -0.4 is 0 Å². The predicted molar refractivity (Wildman–Crippen MR) is 71.3 cm³/mol. The van der Waals surface area contributed by atoms with Gasteiger partial charge in [0.2, 0.25) is 30.4 Å². The average Bonchev–Trinajstić information content (AvgIpc) is 2.48. The van der Waals surface area contributed by atoms with Crippen LogP contribution in [0.25, 0.3) is 0 Å². The minimum Gasteiger partial charge on any atom is -0.222 e. The van der Waals surface area contributed by atoms with Gasteiger partial charge in [-0.25, -0.2) is 34.8 Å². The van der Waals surface area contributed by atoms with Gasteiger partial charge in [0.05, 0.1) is 0 Å². The van der Waals surface area contributed by atoms with Crippen LogP contribution in [-0.4, -0.2) is 30.4 Å². The lowest BCUT2D eigenvalue weighted by atomic mass is 10.1. The van der Waals surface area contributed by atoms with Gasteiger partial charge in [-0.2, -0.15) is 15.0 Å². The summed E-state index contributed by atoms with van der Waals surface area (Å²) in [6.07, 6.45) is 5.46. The summed E-state index contributed by atoms with van der Waals surface area (Å²) in [6.45, 7) is 1.66. The third kappa shape index (κ3) is 7.53. The molecule has 1 aromatic carbocycles. The lowest BCUT2D eigenvalue weighted by Gasteiger charge is -2.03. The third-order valence-corrected chi connectivity index (χ3v) is 1.81. The van der Waals surface area contributed by atoms with E-state index in [2.05, 4.69) is 15.0 Å². The minimum atomic E-state index is 0.00157. The molecule has 0 unspecified atom stereocenters. The zero-order chi connectivity index (χ0) is 17.4. The second kappa shape index (κ2) is 13.5. The van der Waals surface area contributed by atoms with E-state index in [1.807, 2.05) is 0 Å². The van der Waals surface area contributed by atoms with Gasteiger partial charge in [-0.05, 0) is 18.6 Å². The van der Waals surface area contributed by atoms with Crippen LogP contribution in [0, 0.1) is 17.7 Å². The van der Waals surface area contributed by atoms with Crippen molar-refractivity contribution in [2.45, 2.75) is 6.92 Å². The molecule has 0 aromatic heterocycles. The SMILES string of the molecule is Cc1ccc(N=C=O)c(N=C=O)c1N=C=O.N=C=O.N=C=O. The van der Waals surface area contributed by atoms with Crippen LogP contribution in [0.1, 0.15) is 5.56 Å². The molecule has 0 radical (unpaired) electrons. The maximum Gasteiger partial charge on any atom is 0.240 e. The molecule has 0 saturated heterocycles. The fourth-order valence-electron chi connectivity index (χ4n) is 1.15. The van der Waals surface area contributed by atoms with E-state index in [9.17, 15) is 14.4 Å². The Morgan fingerprint density at radius 1 is 0.773 bits per heavy atom. The number of carbonyl (C=O) groups excluding carboxylic acids is 5. The molecule has 0 amide bonds. The van der Waals surface area contributed by atoms with Crippen molar-refractivity contribution in [1.82, 2.24) is 0 Å². The van der Waals surface area contributed by atoms with Gasteiger partial charge in [0.1, 0.15) is 17.1 Å². The fraction of sp³-hybridized carbons (Fsp3) is 0.0833. The second-order valence-corrected chi connectivity index (χ2v) is 2.91. The van der Waals surface area contributed by atoms with Crippen molar-refractivity contribution >= 4 is 47.5 Å². The van der Waals surface area contributed by atoms with E-state index in [0.29, 0.717) is 5.56 Å². The Labute approximate surface area is 122 Å². The smallest absolute Gasteiger partial charge is 0.222 e. The lowest BCUT2D eigenvalue weighted by Crippen LogP contribution is -1.77. The van der Waals surface area contributed by atoms with Crippen molar-refractivity contribution in [3.05, 3.63) is 17.7 Å². The van der Waals surface area contributed by atoms with Crippen molar-refractivity contribution < 1.29 is 24.0 Å². The summed E-state index contributed by atoms with van der Waals surface area (Å²) in [7, 11) is 0. The van der Waals surface area contributed by atoms with Crippen molar-refractivity contribution in [3.63, 3.8) is 0 Å². The Morgan fingerprint density at radius 2 is 1.18 bits per heavy atom. The summed E-state index contributed by atoms with van der Waals surface area (Å²) < 4.78 is 0. The van der Waals surface area contributed by atoms with Crippen LogP contribution in [-0.2, 0) is 24.0 Å². The summed E-state index contributed by atoms with van der Waals surface area (Å²) in [5.41, 5.74) is 0.830. The highest BCUT2D eigenvalue weighted by Crippen LogP contribution is 2.39. The van der Waals surface area contributed by atoms with E-state index in [0.717, 1.165) is 12.2 Å². The van der Waals surface area contributed by atoms with Crippen LogP contribution in [0.4, 0.5) is 17.1 Å². The van der Waals surface area contributed by atoms with E-state index < -0.39 is 0 Å². The Morgan fingerprint density at radius 3 is 1.59 bits per heavy atom. The standard InChI is InChI=1S/C10H5N3O3.2CHNO/c1-7-2-3-8(11-4-14)10(13-6-16)9(7)12-5-15;2*2-1-3/h2-3H,1H3;2*2H. The van der Waals surface area contributed by atoms with E-state index >= 15 is 0 Å². The van der Waals surface area contributed by atoms with Crippen LogP contribution in [0.15, 0.2) is 27.1 Å². The molecule has 0 aliphatic rings. The van der Waals surface area contributed by atoms with Crippen molar-refractivity contribution in [3.8, 4) is 0 Å². The molecule has 0 fully saturated rings. The van der Waals surface area contributed by atoms with E-state index in [4.69, 9.17) is 20.4 Å². The monoisotopic (exact) mass is 301 g/mol. The van der Waals surface area contributed by atoms with Gasteiger partial charge in [0.25, 0.3) is 0 Å². The molecule has 0 spiro atoms. The van der Waals surface area contributed by atoms with Crippen LogP contribution in [0.2, 0.25) is 0 Å². The maximum atomic E-state index is 10.2. The number of benzene rings is 1. The number of aryl methyl sites for hydroxylation is 1. The number of rotatable bonds is 3. The first-order valence-electron chi connectivity index (χ1n) is 5.02. The average molecular weight is 301 g/mol. The minimum absolute atomic E-state index is 0.00157. The molecule has 1 aromatic rings. The molecule has 0 aliphatic heterocycles. The van der Waals surface area contributed by atoms with Gasteiger partial charge in [-0.1, -0.05) is 6.07 Å². The summed E-state index contributed by atoms with van der Waals surface area (Å²) in [6, 6.07) is 3.04. The number of aliphatic imine (C=N–C) groups is 3. The Kier molecular flexibility index (Phi) is 12.6. The maximum absolute atomic E-state index is 10.2. The zero-order valence-corrected chi connectivity index (χ0v) is 11.0. The highest BCUT2D eigenvalue weighted by Gasteiger charge is 2.10. The van der Waals surface area contributed by atoms with Crippen molar-refractivity contribution in [2.24, 2.45) is 15.0 Å². The largest absolute Gasteiger partial charge is 0.240 e. The van der Waals surface area contributed by atoms with Crippen LogP contribution >= 0.6 is 0 Å². The lowest BCUT2D eigenvalue weighted by molar-refractivity contribution is 0.562.